The van der Waals surface area contributed by atoms with Crippen molar-refractivity contribution in [2.75, 3.05) is 7.11 Å². The van der Waals surface area contributed by atoms with Crippen LogP contribution in [0.3, 0.4) is 0 Å². The van der Waals surface area contributed by atoms with Gasteiger partial charge in [-0.3, -0.25) is 0 Å². The zero-order valence-corrected chi connectivity index (χ0v) is 12.9. The highest BCUT2D eigenvalue weighted by atomic mass is 127. The molecule has 0 aliphatic carbocycles. The Bertz CT molecular complexity index is 604. The van der Waals surface area contributed by atoms with Crippen LogP contribution in [0.4, 0.5) is 4.39 Å². The van der Waals surface area contributed by atoms with E-state index in [9.17, 15) is 9.50 Å². The van der Waals surface area contributed by atoms with Crippen molar-refractivity contribution in [3.63, 3.8) is 0 Å². The Balaban J connectivity index is 2.41. The van der Waals surface area contributed by atoms with Gasteiger partial charge < -0.3 is 9.84 Å². The Labute approximate surface area is 129 Å². The van der Waals surface area contributed by atoms with Gasteiger partial charge in [0.15, 0.2) is 11.6 Å². The average molecular weight is 393 g/mol. The first kappa shape index (κ1) is 14.6. The summed E-state index contributed by atoms with van der Waals surface area (Å²) in [7, 11) is 1.40. The third kappa shape index (κ3) is 3.19. The molecule has 0 spiro atoms. The molecule has 2 nitrogen and oxygen atoms in total. The number of hydrogen-bond acceptors (Lipinski definition) is 2. The van der Waals surface area contributed by atoms with Gasteiger partial charge in [0.1, 0.15) is 6.10 Å². The Morgan fingerprint density at radius 2 is 2.00 bits per heavy atom. The van der Waals surface area contributed by atoms with E-state index in [1.807, 2.05) is 0 Å². The summed E-state index contributed by atoms with van der Waals surface area (Å²) in [4.78, 5) is 0. The minimum Gasteiger partial charge on any atom is -0.494 e. The van der Waals surface area contributed by atoms with E-state index >= 15 is 0 Å². The summed E-state index contributed by atoms with van der Waals surface area (Å²) in [5.41, 5.74) is 1.11. The normalized spacial score (nSPS) is 12.3. The van der Waals surface area contributed by atoms with Crippen molar-refractivity contribution in [1.82, 2.24) is 0 Å². The van der Waals surface area contributed by atoms with Crippen molar-refractivity contribution >= 4 is 34.2 Å². The molecule has 0 saturated heterocycles. The quantitative estimate of drug-likeness (QED) is 0.794. The smallest absolute Gasteiger partial charge is 0.165 e. The van der Waals surface area contributed by atoms with Crippen LogP contribution in [-0.2, 0) is 0 Å². The van der Waals surface area contributed by atoms with E-state index in [0.717, 1.165) is 3.57 Å². The van der Waals surface area contributed by atoms with Crippen molar-refractivity contribution in [3.8, 4) is 5.75 Å². The number of hydrogen-bond donors (Lipinski definition) is 1. The molecule has 0 radical (unpaired) electrons. The summed E-state index contributed by atoms with van der Waals surface area (Å²) >= 11 is 8.02. The molecule has 19 heavy (non-hydrogen) atoms. The predicted molar refractivity (Wildman–Crippen MR) is 81.2 cm³/mol. The highest BCUT2D eigenvalue weighted by Crippen LogP contribution is 2.30. The molecule has 0 aliphatic rings. The van der Waals surface area contributed by atoms with Gasteiger partial charge in [-0.1, -0.05) is 17.7 Å². The lowest BCUT2D eigenvalue weighted by Crippen LogP contribution is -2.03. The van der Waals surface area contributed by atoms with Crippen molar-refractivity contribution in [3.05, 3.63) is 61.9 Å². The highest BCUT2D eigenvalue weighted by Gasteiger charge is 2.16. The van der Waals surface area contributed by atoms with Gasteiger partial charge in [0.25, 0.3) is 0 Å². The summed E-state index contributed by atoms with van der Waals surface area (Å²) in [6, 6.07) is 9.61. The molecular formula is C14H11ClFIO2. The van der Waals surface area contributed by atoms with Gasteiger partial charge in [-0.2, -0.15) is 0 Å². The van der Waals surface area contributed by atoms with Gasteiger partial charge in [-0.05, 0) is 64.0 Å². The second kappa shape index (κ2) is 6.07. The topological polar surface area (TPSA) is 29.5 Å². The molecule has 0 aliphatic heterocycles. The van der Waals surface area contributed by atoms with Crippen LogP contribution in [0.15, 0.2) is 36.4 Å². The number of benzene rings is 2. The lowest BCUT2D eigenvalue weighted by molar-refractivity contribution is 0.218. The second-order valence-electron chi connectivity index (χ2n) is 3.96. The fourth-order valence-electron chi connectivity index (χ4n) is 1.76. The number of aliphatic hydroxyl groups is 1. The van der Waals surface area contributed by atoms with E-state index in [1.54, 1.807) is 24.3 Å². The molecule has 0 heterocycles. The van der Waals surface area contributed by atoms with Gasteiger partial charge >= 0.3 is 0 Å². The van der Waals surface area contributed by atoms with Gasteiger partial charge in [0.05, 0.1) is 7.11 Å². The molecule has 1 unspecified atom stereocenters. The van der Waals surface area contributed by atoms with Crippen LogP contribution in [0.2, 0.25) is 5.02 Å². The number of methoxy groups -OCH3 is 1. The minimum atomic E-state index is -0.925. The van der Waals surface area contributed by atoms with Crippen LogP contribution < -0.4 is 4.74 Å². The molecule has 0 bridgehead atoms. The summed E-state index contributed by atoms with van der Waals surface area (Å²) in [6.45, 7) is 0. The molecule has 2 aromatic carbocycles. The fourth-order valence-corrected chi connectivity index (χ4v) is 2.57. The molecule has 5 heteroatoms. The molecular weight excluding hydrogens is 382 g/mol. The molecule has 2 rings (SSSR count). The first-order chi connectivity index (χ1) is 9.02. The predicted octanol–water partition coefficient (Wildman–Crippen LogP) is 4.17. The van der Waals surface area contributed by atoms with Crippen molar-refractivity contribution in [1.29, 1.82) is 0 Å². The second-order valence-corrected chi connectivity index (χ2v) is 5.56. The van der Waals surface area contributed by atoms with Crippen molar-refractivity contribution in [2.45, 2.75) is 6.10 Å². The molecule has 2 aromatic rings. The maximum absolute atomic E-state index is 13.6. The van der Waals surface area contributed by atoms with Gasteiger partial charge in [-0.15, -0.1) is 0 Å². The first-order valence-electron chi connectivity index (χ1n) is 5.49. The molecule has 0 fully saturated rings. The van der Waals surface area contributed by atoms with Crippen LogP contribution in [0, 0.1) is 9.39 Å². The minimum absolute atomic E-state index is 0.150. The van der Waals surface area contributed by atoms with E-state index in [0.29, 0.717) is 16.1 Å². The summed E-state index contributed by atoms with van der Waals surface area (Å²) in [6.07, 6.45) is -0.925. The maximum Gasteiger partial charge on any atom is 0.165 e. The maximum atomic E-state index is 13.6. The van der Waals surface area contributed by atoms with Crippen molar-refractivity contribution in [2.24, 2.45) is 0 Å². The highest BCUT2D eigenvalue weighted by molar-refractivity contribution is 14.1. The monoisotopic (exact) mass is 392 g/mol. The van der Waals surface area contributed by atoms with E-state index in [1.165, 1.54) is 19.2 Å². The van der Waals surface area contributed by atoms with Gasteiger partial charge in [-0.25, -0.2) is 4.39 Å². The standard InChI is InChI=1S/C14H11ClFIO2/c1-19-13-5-2-8(6-11(13)16)14(18)10-7-9(15)3-4-12(10)17/h2-7,14,18H,1H3. The SMILES string of the molecule is COc1ccc(C(O)c2cc(Cl)ccc2I)cc1F. The van der Waals surface area contributed by atoms with Crippen LogP contribution in [0.25, 0.3) is 0 Å². The molecule has 0 aromatic heterocycles. The van der Waals surface area contributed by atoms with Crippen LogP contribution in [0.1, 0.15) is 17.2 Å². The lowest BCUT2D eigenvalue weighted by atomic mass is 10.0. The Morgan fingerprint density at radius 3 is 2.63 bits per heavy atom. The van der Waals surface area contributed by atoms with E-state index in [4.69, 9.17) is 16.3 Å². The third-order valence-corrected chi connectivity index (χ3v) is 3.96. The summed E-state index contributed by atoms with van der Waals surface area (Å²) in [5, 5.41) is 10.8. The summed E-state index contributed by atoms with van der Waals surface area (Å²) in [5.74, 6) is -0.354. The molecule has 100 valence electrons. The van der Waals surface area contributed by atoms with Crippen LogP contribution >= 0.6 is 34.2 Å². The largest absolute Gasteiger partial charge is 0.494 e. The number of halogens is 3. The zero-order valence-electron chi connectivity index (χ0n) is 10.0. The van der Waals surface area contributed by atoms with E-state index < -0.39 is 11.9 Å². The van der Waals surface area contributed by atoms with E-state index in [2.05, 4.69) is 22.6 Å². The number of ether oxygens (including phenoxy) is 1. The average Bonchev–Trinajstić information content (AvgIpc) is 2.40. The first-order valence-corrected chi connectivity index (χ1v) is 6.95. The van der Waals surface area contributed by atoms with Crippen molar-refractivity contribution < 1.29 is 14.2 Å². The Kier molecular flexibility index (Phi) is 4.65. The Morgan fingerprint density at radius 1 is 1.26 bits per heavy atom. The van der Waals surface area contributed by atoms with Crippen LogP contribution in [-0.4, -0.2) is 12.2 Å². The lowest BCUT2D eigenvalue weighted by Gasteiger charge is -2.14. The van der Waals surface area contributed by atoms with E-state index in [-0.39, 0.29) is 5.75 Å². The zero-order chi connectivity index (χ0) is 14.0. The molecule has 0 saturated carbocycles. The third-order valence-electron chi connectivity index (χ3n) is 2.74. The van der Waals surface area contributed by atoms with Gasteiger partial charge in [0.2, 0.25) is 0 Å². The fraction of sp³-hybridized carbons (Fsp3) is 0.143. The molecule has 1 N–H and O–H groups in total. The number of rotatable bonds is 3. The molecule has 1 atom stereocenters. The summed E-state index contributed by atoms with van der Waals surface area (Å²) < 4.78 is 19.4. The van der Waals surface area contributed by atoms with Gasteiger partial charge in [0, 0.05) is 8.59 Å². The molecule has 0 amide bonds. The number of aliphatic hydroxyl groups excluding tert-OH is 1. The van der Waals surface area contributed by atoms with Crippen LogP contribution in [0.5, 0.6) is 5.75 Å². The Hall–Kier alpha value is -0.850.